The zero-order chi connectivity index (χ0) is 12.3. The number of halogens is 2. The lowest BCUT2D eigenvalue weighted by atomic mass is 10.3. The van der Waals surface area contributed by atoms with Gasteiger partial charge in [-0.2, -0.15) is 0 Å². The molecule has 0 radical (unpaired) electrons. The Bertz CT molecular complexity index is 476. The van der Waals surface area contributed by atoms with Gasteiger partial charge in [0.25, 0.3) is 0 Å². The molecule has 1 N–H and O–H groups in total. The minimum Gasteiger partial charge on any atom is -0.381 e. The van der Waals surface area contributed by atoms with Gasteiger partial charge in [0.15, 0.2) is 0 Å². The Balaban J connectivity index is 2.70. The summed E-state index contributed by atoms with van der Waals surface area (Å²) < 4.78 is 35.6. The Hall–Kier alpha value is -0.620. The molecule has 90 valence electrons. The molecule has 0 aliphatic rings. The second-order valence-corrected chi connectivity index (χ2v) is 6.81. The highest BCUT2D eigenvalue weighted by Gasteiger charge is 2.10. The number of rotatable bonds is 4. The molecule has 0 aliphatic carbocycles. The molecular weight excluding hydrogens is 297 g/mol. The molecular formula is C10H13BrFNO2S. The number of anilines is 1. The average molecular weight is 310 g/mol. The third-order valence-electron chi connectivity index (χ3n) is 1.89. The van der Waals surface area contributed by atoms with E-state index in [0.717, 1.165) is 0 Å². The summed E-state index contributed by atoms with van der Waals surface area (Å²) in [6.07, 6.45) is 1.17. The van der Waals surface area contributed by atoms with Crippen LogP contribution < -0.4 is 5.32 Å². The lowest BCUT2D eigenvalue weighted by molar-refractivity contribution is 0.598. The number of sulfone groups is 1. The van der Waals surface area contributed by atoms with Crippen LogP contribution in [0.1, 0.15) is 6.92 Å². The van der Waals surface area contributed by atoms with Crippen molar-refractivity contribution in [3.63, 3.8) is 0 Å². The minimum atomic E-state index is -3.03. The first-order valence-electron chi connectivity index (χ1n) is 4.67. The maximum atomic E-state index is 13.2. The summed E-state index contributed by atoms with van der Waals surface area (Å²) in [5, 5.41) is 2.93. The van der Waals surface area contributed by atoms with Crippen LogP contribution in [0, 0.1) is 5.82 Å². The van der Waals surface area contributed by atoms with Gasteiger partial charge < -0.3 is 5.32 Å². The fourth-order valence-corrected chi connectivity index (χ4v) is 2.60. The van der Waals surface area contributed by atoms with Gasteiger partial charge in [0.05, 0.1) is 10.2 Å². The van der Waals surface area contributed by atoms with Gasteiger partial charge in [0.2, 0.25) is 0 Å². The summed E-state index contributed by atoms with van der Waals surface area (Å²) in [6.45, 7) is 1.74. The zero-order valence-corrected chi connectivity index (χ0v) is 11.4. The molecule has 0 saturated carbocycles. The summed E-state index contributed by atoms with van der Waals surface area (Å²) in [7, 11) is -3.03. The molecule has 16 heavy (non-hydrogen) atoms. The Kier molecular flexibility index (Phi) is 4.32. The van der Waals surface area contributed by atoms with Gasteiger partial charge in [-0.05, 0) is 41.1 Å². The highest BCUT2D eigenvalue weighted by Crippen LogP contribution is 2.19. The van der Waals surface area contributed by atoms with Crippen molar-refractivity contribution in [2.45, 2.75) is 13.0 Å². The van der Waals surface area contributed by atoms with Crippen LogP contribution in [0.5, 0.6) is 0 Å². The summed E-state index contributed by atoms with van der Waals surface area (Å²) >= 11 is 3.05. The predicted octanol–water partition coefficient (Wildman–Crippen LogP) is 2.43. The van der Waals surface area contributed by atoms with Gasteiger partial charge in [0.1, 0.15) is 15.7 Å². The first kappa shape index (κ1) is 13.4. The molecule has 0 aromatic heterocycles. The van der Waals surface area contributed by atoms with Crippen LogP contribution >= 0.6 is 15.9 Å². The molecule has 0 amide bonds. The van der Waals surface area contributed by atoms with Crippen molar-refractivity contribution in [2.75, 3.05) is 17.3 Å². The van der Waals surface area contributed by atoms with Crippen LogP contribution in [0.25, 0.3) is 0 Å². The fraction of sp³-hybridized carbons (Fsp3) is 0.400. The molecule has 1 aromatic rings. The van der Waals surface area contributed by atoms with Crippen molar-refractivity contribution in [3.8, 4) is 0 Å². The van der Waals surface area contributed by atoms with Crippen LogP contribution in [-0.2, 0) is 9.84 Å². The molecule has 6 heteroatoms. The minimum absolute atomic E-state index is 0.0185. The molecule has 3 nitrogen and oxygen atoms in total. The van der Waals surface area contributed by atoms with E-state index in [-0.39, 0.29) is 17.6 Å². The van der Waals surface area contributed by atoms with Crippen molar-refractivity contribution in [1.82, 2.24) is 0 Å². The highest BCUT2D eigenvalue weighted by atomic mass is 79.9. The Morgan fingerprint density at radius 2 is 2.12 bits per heavy atom. The topological polar surface area (TPSA) is 46.2 Å². The van der Waals surface area contributed by atoms with E-state index < -0.39 is 9.84 Å². The number of nitrogens with one attached hydrogen (secondary N) is 1. The molecule has 0 aliphatic heterocycles. The van der Waals surface area contributed by atoms with E-state index in [1.54, 1.807) is 19.1 Å². The van der Waals surface area contributed by atoms with Crippen molar-refractivity contribution < 1.29 is 12.8 Å². The van der Waals surface area contributed by atoms with Crippen molar-refractivity contribution >= 4 is 31.5 Å². The third kappa shape index (κ3) is 4.49. The normalized spacial score (nSPS) is 13.5. The van der Waals surface area contributed by atoms with E-state index in [2.05, 4.69) is 21.2 Å². The molecule has 1 aromatic carbocycles. The number of hydrogen-bond acceptors (Lipinski definition) is 3. The second kappa shape index (κ2) is 5.14. The Morgan fingerprint density at radius 3 is 2.62 bits per heavy atom. The quantitative estimate of drug-likeness (QED) is 0.929. The Morgan fingerprint density at radius 1 is 1.50 bits per heavy atom. The smallest absolute Gasteiger partial charge is 0.149 e. The van der Waals surface area contributed by atoms with Crippen LogP contribution in [0.2, 0.25) is 0 Å². The molecule has 1 atom stereocenters. The van der Waals surface area contributed by atoms with Crippen LogP contribution in [0.3, 0.4) is 0 Å². The fourth-order valence-electron chi connectivity index (χ4n) is 1.37. The molecule has 1 rings (SSSR count). The van der Waals surface area contributed by atoms with Crippen LogP contribution in [0.15, 0.2) is 22.7 Å². The van der Waals surface area contributed by atoms with Gasteiger partial charge in [-0.1, -0.05) is 0 Å². The first-order valence-corrected chi connectivity index (χ1v) is 7.52. The van der Waals surface area contributed by atoms with E-state index in [1.165, 1.54) is 12.3 Å². The summed E-state index contributed by atoms with van der Waals surface area (Å²) in [4.78, 5) is 0. The average Bonchev–Trinajstić information content (AvgIpc) is 2.08. The zero-order valence-electron chi connectivity index (χ0n) is 9.00. The van der Waals surface area contributed by atoms with Crippen LogP contribution in [-0.4, -0.2) is 26.5 Å². The van der Waals surface area contributed by atoms with Gasteiger partial charge >= 0.3 is 0 Å². The molecule has 0 heterocycles. The predicted molar refractivity (Wildman–Crippen MR) is 66.9 cm³/mol. The van der Waals surface area contributed by atoms with Crippen molar-refractivity contribution in [2.24, 2.45) is 0 Å². The van der Waals surface area contributed by atoms with E-state index in [1.807, 2.05) is 0 Å². The number of benzene rings is 1. The molecule has 0 saturated heterocycles. The number of hydrogen-bond donors (Lipinski definition) is 1. The van der Waals surface area contributed by atoms with Gasteiger partial charge in [0, 0.05) is 18.0 Å². The lowest BCUT2D eigenvalue weighted by Gasteiger charge is -2.14. The van der Waals surface area contributed by atoms with Gasteiger partial charge in [-0.3, -0.25) is 0 Å². The monoisotopic (exact) mass is 309 g/mol. The van der Waals surface area contributed by atoms with E-state index >= 15 is 0 Å². The molecule has 1 unspecified atom stereocenters. The van der Waals surface area contributed by atoms with Gasteiger partial charge in [-0.25, -0.2) is 12.8 Å². The standard InChI is InChI=1S/C10H13BrFNO2S/c1-7(6-16(2,14)15)13-8-3-4-9(11)10(12)5-8/h3-5,7,13H,6H2,1-2H3. The Labute approximate surface area is 103 Å². The largest absolute Gasteiger partial charge is 0.381 e. The van der Waals surface area contributed by atoms with Crippen molar-refractivity contribution in [3.05, 3.63) is 28.5 Å². The van der Waals surface area contributed by atoms with Crippen molar-refractivity contribution in [1.29, 1.82) is 0 Å². The molecule has 0 bridgehead atoms. The second-order valence-electron chi connectivity index (χ2n) is 3.77. The summed E-state index contributed by atoms with van der Waals surface area (Å²) in [5.41, 5.74) is 0.567. The third-order valence-corrected chi connectivity index (χ3v) is 3.63. The van der Waals surface area contributed by atoms with E-state index in [0.29, 0.717) is 10.2 Å². The summed E-state index contributed by atoms with van der Waals surface area (Å²) in [6, 6.07) is 4.33. The SMILES string of the molecule is CC(CS(C)(=O)=O)Nc1ccc(Br)c(F)c1. The van der Waals surface area contributed by atoms with E-state index in [4.69, 9.17) is 0 Å². The van der Waals surface area contributed by atoms with Crippen LogP contribution in [0.4, 0.5) is 10.1 Å². The maximum absolute atomic E-state index is 13.2. The lowest BCUT2D eigenvalue weighted by Crippen LogP contribution is -2.24. The molecule has 0 fully saturated rings. The van der Waals surface area contributed by atoms with E-state index in [9.17, 15) is 12.8 Å². The first-order chi connectivity index (χ1) is 7.28. The maximum Gasteiger partial charge on any atom is 0.149 e. The molecule has 0 spiro atoms. The highest BCUT2D eigenvalue weighted by molar-refractivity contribution is 9.10. The van der Waals surface area contributed by atoms with Gasteiger partial charge in [-0.15, -0.1) is 0 Å². The summed E-state index contributed by atoms with van der Waals surface area (Å²) in [5.74, 6) is -0.360.